The number of fused-ring (bicyclic) bond motifs is 1. The van der Waals surface area contributed by atoms with Gasteiger partial charge in [-0.1, -0.05) is 36.1 Å². The SMILES string of the molecule is CN(C)c1ccccc1C#CCNC(=O)C1COc2ccccc2O1. The molecule has 0 radical (unpaired) electrons. The molecule has 0 aliphatic carbocycles. The Morgan fingerprint density at radius 3 is 2.68 bits per heavy atom. The van der Waals surface area contributed by atoms with E-state index in [9.17, 15) is 4.79 Å². The number of carbonyl (C=O) groups excluding carboxylic acids is 1. The summed E-state index contributed by atoms with van der Waals surface area (Å²) in [6, 6.07) is 15.2. The second kappa shape index (κ2) is 7.63. The third-order valence-electron chi connectivity index (χ3n) is 3.76. The van der Waals surface area contributed by atoms with Gasteiger partial charge in [0.2, 0.25) is 6.10 Å². The summed E-state index contributed by atoms with van der Waals surface area (Å²) in [7, 11) is 3.95. The first-order chi connectivity index (χ1) is 12.1. The summed E-state index contributed by atoms with van der Waals surface area (Å²) in [5.41, 5.74) is 1.97. The highest BCUT2D eigenvalue weighted by atomic mass is 16.6. The molecule has 1 atom stereocenters. The highest BCUT2D eigenvalue weighted by molar-refractivity contribution is 5.82. The molecular formula is C20H20N2O3. The van der Waals surface area contributed by atoms with E-state index in [1.54, 1.807) is 6.07 Å². The number of nitrogens with one attached hydrogen (secondary N) is 1. The predicted molar refractivity (Wildman–Crippen MR) is 97.0 cm³/mol. The molecule has 1 aliphatic rings. The van der Waals surface area contributed by atoms with Crippen molar-refractivity contribution in [2.45, 2.75) is 6.10 Å². The van der Waals surface area contributed by atoms with E-state index >= 15 is 0 Å². The van der Waals surface area contributed by atoms with Crippen LogP contribution in [0.5, 0.6) is 11.5 Å². The molecule has 1 aliphatic heterocycles. The largest absolute Gasteiger partial charge is 0.485 e. The topological polar surface area (TPSA) is 50.8 Å². The van der Waals surface area contributed by atoms with E-state index in [0.29, 0.717) is 11.5 Å². The minimum absolute atomic E-state index is 0.194. The fourth-order valence-corrected chi connectivity index (χ4v) is 2.50. The predicted octanol–water partition coefficient (Wildman–Crippen LogP) is 2.06. The van der Waals surface area contributed by atoms with Crippen LogP contribution in [-0.2, 0) is 4.79 Å². The summed E-state index contributed by atoms with van der Waals surface area (Å²) in [4.78, 5) is 14.2. The van der Waals surface area contributed by atoms with Crippen molar-refractivity contribution in [3.05, 3.63) is 54.1 Å². The first-order valence-corrected chi connectivity index (χ1v) is 8.06. The van der Waals surface area contributed by atoms with Gasteiger partial charge < -0.3 is 19.7 Å². The maximum absolute atomic E-state index is 12.2. The van der Waals surface area contributed by atoms with E-state index < -0.39 is 6.10 Å². The number of hydrogen-bond donors (Lipinski definition) is 1. The second-order valence-corrected chi connectivity index (χ2v) is 5.80. The molecule has 2 aromatic rings. The maximum atomic E-state index is 12.2. The van der Waals surface area contributed by atoms with Crippen molar-refractivity contribution in [1.29, 1.82) is 0 Å². The highest BCUT2D eigenvalue weighted by Gasteiger charge is 2.26. The van der Waals surface area contributed by atoms with Crippen molar-refractivity contribution in [3.63, 3.8) is 0 Å². The van der Waals surface area contributed by atoms with E-state index in [4.69, 9.17) is 9.47 Å². The monoisotopic (exact) mass is 336 g/mol. The lowest BCUT2D eigenvalue weighted by molar-refractivity contribution is -0.130. The summed E-state index contributed by atoms with van der Waals surface area (Å²) >= 11 is 0. The molecule has 0 aromatic heterocycles. The second-order valence-electron chi connectivity index (χ2n) is 5.80. The van der Waals surface area contributed by atoms with Gasteiger partial charge in [-0.2, -0.15) is 0 Å². The van der Waals surface area contributed by atoms with Crippen LogP contribution in [0.2, 0.25) is 0 Å². The Bertz CT molecular complexity index is 821. The van der Waals surface area contributed by atoms with Gasteiger partial charge in [-0.25, -0.2) is 0 Å². The van der Waals surface area contributed by atoms with Crippen molar-refractivity contribution < 1.29 is 14.3 Å². The molecule has 1 heterocycles. The number of rotatable bonds is 3. The summed E-state index contributed by atoms with van der Waals surface area (Å²) in [5.74, 6) is 7.08. The molecule has 2 aromatic carbocycles. The Kier molecular flexibility index (Phi) is 5.10. The first-order valence-electron chi connectivity index (χ1n) is 8.06. The molecule has 3 rings (SSSR count). The van der Waals surface area contributed by atoms with Crippen LogP contribution >= 0.6 is 0 Å². The Morgan fingerprint density at radius 1 is 1.16 bits per heavy atom. The molecule has 1 amide bonds. The number of para-hydroxylation sites is 3. The number of anilines is 1. The van der Waals surface area contributed by atoms with Crippen molar-refractivity contribution in [2.24, 2.45) is 0 Å². The van der Waals surface area contributed by atoms with E-state index in [0.717, 1.165) is 11.3 Å². The summed E-state index contributed by atoms with van der Waals surface area (Å²) in [6.45, 7) is 0.446. The van der Waals surface area contributed by atoms with Crippen molar-refractivity contribution in [1.82, 2.24) is 5.32 Å². The standard InChI is InChI=1S/C20H20N2O3/c1-22(2)16-10-4-3-8-15(16)9-7-13-21-20(23)19-14-24-17-11-5-6-12-18(17)25-19/h3-6,8,10-12,19H,13-14H2,1-2H3,(H,21,23). The average molecular weight is 336 g/mol. The van der Waals surface area contributed by atoms with Crippen LogP contribution in [0.15, 0.2) is 48.5 Å². The molecule has 5 heteroatoms. The van der Waals surface area contributed by atoms with Gasteiger partial charge >= 0.3 is 0 Å². The Hall–Kier alpha value is -3.13. The first kappa shape index (κ1) is 16.7. The summed E-state index contributed by atoms with van der Waals surface area (Å²) in [6.07, 6.45) is -0.661. The Morgan fingerprint density at radius 2 is 1.88 bits per heavy atom. The van der Waals surface area contributed by atoms with Gasteiger partial charge in [0.15, 0.2) is 11.5 Å². The van der Waals surface area contributed by atoms with E-state index in [1.807, 2.05) is 61.5 Å². The molecule has 0 bridgehead atoms. The van der Waals surface area contributed by atoms with E-state index in [2.05, 4.69) is 17.2 Å². The van der Waals surface area contributed by atoms with E-state index in [-0.39, 0.29) is 19.1 Å². The number of carbonyl (C=O) groups is 1. The molecule has 5 nitrogen and oxygen atoms in total. The molecule has 0 saturated heterocycles. The quantitative estimate of drug-likeness (QED) is 0.872. The summed E-state index contributed by atoms with van der Waals surface area (Å²) < 4.78 is 11.2. The lowest BCUT2D eigenvalue weighted by Crippen LogP contribution is -2.44. The minimum atomic E-state index is -0.661. The van der Waals surface area contributed by atoms with Gasteiger partial charge in [0.25, 0.3) is 5.91 Å². The van der Waals surface area contributed by atoms with Crippen molar-refractivity contribution in [3.8, 4) is 23.3 Å². The lowest BCUT2D eigenvalue weighted by Gasteiger charge is -2.25. The molecule has 1 N–H and O–H groups in total. The number of benzene rings is 2. The third kappa shape index (κ3) is 4.04. The molecule has 0 fully saturated rings. The average Bonchev–Trinajstić information content (AvgIpc) is 2.64. The van der Waals surface area contributed by atoms with Crippen LogP contribution in [0.1, 0.15) is 5.56 Å². The number of hydrogen-bond acceptors (Lipinski definition) is 4. The van der Waals surface area contributed by atoms with Crippen LogP contribution in [0.4, 0.5) is 5.69 Å². The van der Waals surface area contributed by atoms with Gasteiger partial charge in [0, 0.05) is 19.7 Å². The third-order valence-corrected chi connectivity index (χ3v) is 3.76. The van der Waals surface area contributed by atoms with Crippen LogP contribution in [-0.4, -0.2) is 39.3 Å². The van der Waals surface area contributed by atoms with Gasteiger partial charge in [-0.15, -0.1) is 0 Å². The van der Waals surface area contributed by atoms with Gasteiger partial charge in [0.1, 0.15) is 6.61 Å². The fraction of sp³-hybridized carbons (Fsp3) is 0.250. The molecule has 0 saturated carbocycles. The zero-order valence-corrected chi connectivity index (χ0v) is 14.3. The number of amides is 1. The highest BCUT2D eigenvalue weighted by Crippen LogP contribution is 2.30. The van der Waals surface area contributed by atoms with Crippen LogP contribution < -0.4 is 19.7 Å². The maximum Gasteiger partial charge on any atom is 0.265 e. The Labute approximate surface area is 147 Å². The Balaban J connectivity index is 1.56. The number of ether oxygens (including phenoxy) is 2. The molecular weight excluding hydrogens is 316 g/mol. The lowest BCUT2D eigenvalue weighted by atomic mass is 10.1. The smallest absolute Gasteiger partial charge is 0.265 e. The number of nitrogens with zero attached hydrogens (tertiary/aromatic N) is 1. The molecule has 128 valence electrons. The zero-order chi connectivity index (χ0) is 17.6. The van der Waals surface area contributed by atoms with Gasteiger partial charge in [-0.05, 0) is 24.3 Å². The molecule has 0 spiro atoms. The van der Waals surface area contributed by atoms with E-state index in [1.165, 1.54) is 0 Å². The van der Waals surface area contributed by atoms with Crippen LogP contribution in [0.3, 0.4) is 0 Å². The van der Waals surface area contributed by atoms with Crippen LogP contribution in [0.25, 0.3) is 0 Å². The summed E-state index contributed by atoms with van der Waals surface area (Å²) in [5, 5.41) is 2.77. The van der Waals surface area contributed by atoms with Gasteiger partial charge in [-0.3, -0.25) is 4.79 Å². The normalized spacial score (nSPS) is 14.9. The fourth-order valence-electron chi connectivity index (χ4n) is 2.50. The van der Waals surface area contributed by atoms with Crippen molar-refractivity contribution >= 4 is 11.6 Å². The zero-order valence-electron chi connectivity index (χ0n) is 14.3. The molecule has 1 unspecified atom stereocenters. The minimum Gasteiger partial charge on any atom is -0.485 e. The van der Waals surface area contributed by atoms with Gasteiger partial charge in [0.05, 0.1) is 12.2 Å². The molecule has 25 heavy (non-hydrogen) atoms. The van der Waals surface area contributed by atoms with Crippen LogP contribution in [0, 0.1) is 11.8 Å². The van der Waals surface area contributed by atoms with Crippen molar-refractivity contribution in [2.75, 3.05) is 32.1 Å².